The van der Waals surface area contributed by atoms with Crippen LogP contribution in [0.4, 0.5) is 13.2 Å². The predicted molar refractivity (Wildman–Crippen MR) is 45.2 cm³/mol. The summed E-state index contributed by atoms with van der Waals surface area (Å²) in [6.45, 7) is 0.957. The lowest BCUT2D eigenvalue weighted by Gasteiger charge is -2.21. The Bertz CT molecular complexity index is 240. The maximum Gasteiger partial charge on any atom is 0.490 e. The molecule has 1 saturated heterocycles. The second kappa shape index (κ2) is 5.57. The van der Waals surface area contributed by atoms with E-state index < -0.39 is 12.1 Å². The number of nitrogens with zero attached hydrogens (tertiary/aromatic N) is 1. The van der Waals surface area contributed by atoms with Crippen molar-refractivity contribution in [2.75, 3.05) is 13.6 Å². The molecule has 1 rings (SSSR count). The fraction of sp³-hybridized carbons (Fsp3) is 0.750. The number of aliphatic carboxylic acids is 1. The van der Waals surface area contributed by atoms with Crippen LogP contribution in [0.3, 0.4) is 0 Å². The highest BCUT2D eigenvalue weighted by Gasteiger charge is 2.38. The summed E-state index contributed by atoms with van der Waals surface area (Å²) < 4.78 is 31.7. The topological polar surface area (TPSA) is 57.6 Å². The molecule has 15 heavy (non-hydrogen) atoms. The van der Waals surface area contributed by atoms with E-state index in [1.807, 2.05) is 7.05 Å². The van der Waals surface area contributed by atoms with Crippen molar-refractivity contribution in [1.82, 2.24) is 4.90 Å². The largest absolute Gasteiger partial charge is 0.490 e. The average molecular weight is 227 g/mol. The van der Waals surface area contributed by atoms with Crippen LogP contribution in [-0.4, -0.2) is 41.7 Å². The third kappa shape index (κ3) is 5.92. The van der Waals surface area contributed by atoms with E-state index in [4.69, 9.17) is 9.90 Å². The molecule has 7 heteroatoms. The first-order valence-corrected chi connectivity index (χ1v) is 4.29. The second-order valence-corrected chi connectivity index (χ2v) is 3.08. The molecule has 0 saturated carbocycles. The Morgan fingerprint density at radius 2 is 1.87 bits per heavy atom. The van der Waals surface area contributed by atoms with Crippen LogP contribution in [0.15, 0.2) is 0 Å². The summed E-state index contributed by atoms with van der Waals surface area (Å²) in [5.74, 6) is -2.45. The number of alkyl halides is 3. The van der Waals surface area contributed by atoms with Crippen LogP contribution in [0, 0.1) is 0 Å². The molecule has 0 aromatic carbocycles. The van der Waals surface area contributed by atoms with Gasteiger partial charge >= 0.3 is 12.1 Å². The number of carboxylic acid groups (broad SMARTS) is 1. The maximum atomic E-state index is 10.7. The van der Waals surface area contributed by atoms with Gasteiger partial charge in [-0.2, -0.15) is 13.2 Å². The van der Waals surface area contributed by atoms with Crippen molar-refractivity contribution in [3.05, 3.63) is 0 Å². The number of carbonyl (C=O) groups excluding carboxylic acids is 1. The van der Waals surface area contributed by atoms with Crippen molar-refractivity contribution in [3.63, 3.8) is 0 Å². The summed E-state index contributed by atoms with van der Waals surface area (Å²) in [7, 11) is 1.86. The van der Waals surface area contributed by atoms with E-state index in [2.05, 4.69) is 0 Å². The number of carboxylic acids is 1. The van der Waals surface area contributed by atoms with Gasteiger partial charge in [-0.15, -0.1) is 0 Å². The number of halogens is 3. The minimum Gasteiger partial charge on any atom is -0.475 e. The van der Waals surface area contributed by atoms with E-state index in [0.29, 0.717) is 5.91 Å². The summed E-state index contributed by atoms with van der Waals surface area (Å²) in [6.07, 6.45) is -2.05. The highest BCUT2D eigenvalue weighted by Crippen LogP contribution is 2.13. The molecule has 0 atom stereocenters. The molecular weight excluding hydrogens is 215 g/mol. The van der Waals surface area contributed by atoms with E-state index in [-0.39, 0.29) is 0 Å². The average Bonchev–Trinajstić information content (AvgIpc) is 2.09. The smallest absolute Gasteiger partial charge is 0.475 e. The highest BCUT2D eigenvalue weighted by molar-refractivity contribution is 5.76. The lowest BCUT2D eigenvalue weighted by atomic mass is 10.1. The van der Waals surface area contributed by atoms with Crippen molar-refractivity contribution in [2.24, 2.45) is 0 Å². The minimum absolute atomic E-state index is 0.302. The van der Waals surface area contributed by atoms with Gasteiger partial charge in [0.25, 0.3) is 0 Å². The molecule has 1 heterocycles. The minimum atomic E-state index is -5.08. The third-order valence-electron chi connectivity index (χ3n) is 1.80. The summed E-state index contributed by atoms with van der Waals surface area (Å²) in [5, 5.41) is 7.12. The Hall–Kier alpha value is -1.27. The first kappa shape index (κ1) is 13.7. The summed E-state index contributed by atoms with van der Waals surface area (Å²) in [5.41, 5.74) is 0. The Kier molecular flexibility index (Phi) is 5.10. The number of amides is 1. The quantitative estimate of drug-likeness (QED) is 0.677. The lowest BCUT2D eigenvalue weighted by Crippen LogP contribution is -2.31. The van der Waals surface area contributed by atoms with E-state index >= 15 is 0 Å². The third-order valence-corrected chi connectivity index (χ3v) is 1.80. The van der Waals surface area contributed by atoms with Crippen molar-refractivity contribution in [3.8, 4) is 0 Å². The Morgan fingerprint density at radius 1 is 1.40 bits per heavy atom. The normalized spacial score (nSPS) is 16.8. The molecule has 1 aliphatic rings. The van der Waals surface area contributed by atoms with Crippen molar-refractivity contribution in [2.45, 2.75) is 25.4 Å². The molecule has 1 amide bonds. The van der Waals surface area contributed by atoms with E-state index in [1.165, 1.54) is 6.42 Å². The fourth-order valence-electron chi connectivity index (χ4n) is 0.941. The van der Waals surface area contributed by atoms with Crippen LogP contribution < -0.4 is 0 Å². The highest BCUT2D eigenvalue weighted by atomic mass is 19.4. The zero-order valence-corrected chi connectivity index (χ0v) is 8.17. The zero-order chi connectivity index (χ0) is 12.1. The molecule has 0 aliphatic carbocycles. The van der Waals surface area contributed by atoms with Gasteiger partial charge in [0.1, 0.15) is 0 Å². The molecule has 0 radical (unpaired) electrons. The molecule has 0 aromatic heterocycles. The van der Waals surface area contributed by atoms with Gasteiger partial charge in [-0.3, -0.25) is 4.79 Å². The molecule has 0 bridgehead atoms. The predicted octanol–water partition coefficient (Wildman–Crippen LogP) is 1.26. The Labute approximate surface area is 84.7 Å². The second-order valence-electron chi connectivity index (χ2n) is 3.08. The molecule has 0 spiro atoms. The van der Waals surface area contributed by atoms with Gasteiger partial charge in [0.15, 0.2) is 0 Å². The van der Waals surface area contributed by atoms with Crippen LogP contribution >= 0.6 is 0 Å². The molecule has 4 nitrogen and oxygen atoms in total. The van der Waals surface area contributed by atoms with Gasteiger partial charge < -0.3 is 10.0 Å². The lowest BCUT2D eigenvalue weighted by molar-refractivity contribution is -0.192. The molecule has 1 aliphatic heterocycles. The summed E-state index contributed by atoms with van der Waals surface area (Å²) >= 11 is 0. The standard InChI is InChI=1S/C6H11NO.C2HF3O2/c1-7-5-3-2-4-6(7)8;3-2(4,5)1(6)7/h2-5H2,1H3;(H,6,7). The summed E-state index contributed by atoms with van der Waals surface area (Å²) in [4.78, 5) is 21.4. The number of hydrogen-bond donors (Lipinski definition) is 1. The molecule has 0 aromatic rings. The van der Waals surface area contributed by atoms with Gasteiger partial charge in [0.2, 0.25) is 5.91 Å². The van der Waals surface area contributed by atoms with Gasteiger partial charge in [0, 0.05) is 20.0 Å². The number of likely N-dealkylation sites (tertiary alicyclic amines) is 1. The van der Waals surface area contributed by atoms with Crippen molar-refractivity contribution in [1.29, 1.82) is 0 Å². The first-order chi connectivity index (χ1) is 6.75. The summed E-state index contributed by atoms with van der Waals surface area (Å²) in [6, 6.07) is 0. The monoisotopic (exact) mass is 227 g/mol. The van der Waals surface area contributed by atoms with Gasteiger partial charge in [-0.1, -0.05) is 0 Å². The van der Waals surface area contributed by atoms with E-state index in [0.717, 1.165) is 19.4 Å². The van der Waals surface area contributed by atoms with E-state index in [1.54, 1.807) is 4.90 Å². The fourth-order valence-corrected chi connectivity index (χ4v) is 0.941. The Morgan fingerprint density at radius 3 is 2.07 bits per heavy atom. The molecule has 0 unspecified atom stereocenters. The zero-order valence-electron chi connectivity index (χ0n) is 8.17. The van der Waals surface area contributed by atoms with Gasteiger partial charge in [0.05, 0.1) is 0 Å². The van der Waals surface area contributed by atoms with Gasteiger partial charge in [-0.25, -0.2) is 4.79 Å². The molecule has 88 valence electrons. The van der Waals surface area contributed by atoms with Crippen LogP contribution in [0.2, 0.25) is 0 Å². The maximum absolute atomic E-state index is 10.7. The molecular formula is C8H12F3NO3. The van der Waals surface area contributed by atoms with Crippen molar-refractivity contribution < 1.29 is 27.9 Å². The number of rotatable bonds is 0. The SMILES string of the molecule is CN1CCCCC1=O.O=C(O)C(F)(F)F. The van der Waals surface area contributed by atoms with Crippen LogP contribution in [0.25, 0.3) is 0 Å². The van der Waals surface area contributed by atoms with E-state index in [9.17, 15) is 18.0 Å². The molecule has 1 N–H and O–H groups in total. The number of piperidine rings is 1. The molecule has 1 fully saturated rings. The number of carbonyl (C=O) groups is 2. The van der Waals surface area contributed by atoms with Crippen LogP contribution in [-0.2, 0) is 9.59 Å². The number of hydrogen-bond acceptors (Lipinski definition) is 2. The van der Waals surface area contributed by atoms with Gasteiger partial charge in [-0.05, 0) is 12.8 Å². The van der Waals surface area contributed by atoms with Crippen LogP contribution in [0.5, 0.6) is 0 Å². The van der Waals surface area contributed by atoms with Crippen molar-refractivity contribution >= 4 is 11.9 Å². The first-order valence-electron chi connectivity index (χ1n) is 4.29. The van der Waals surface area contributed by atoms with Crippen LogP contribution in [0.1, 0.15) is 19.3 Å². The Balaban J connectivity index is 0.000000265.